The van der Waals surface area contributed by atoms with Gasteiger partial charge in [0.2, 0.25) is 0 Å². The number of hydrogen-bond acceptors (Lipinski definition) is 4. The van der Waals surface area contributed by atoms with Crippen LogP contribution in [0.2, 0.25) is 0 Å². The lowest BCUT2D eigenvalue weighted by molar-refractivity contribution is 0.0697. The fraction of sp³-hybridized carbons (Fsp3) is 0.538. The summed E-state index contributed by atoms with van der Waals surface area (Å²) >= 11 is 0. The van der Waals surface area contributed by atoms with Crippen molar-refractivity contribution >= 4 is 11.8 Å². The molecular weight excluding hydrogens is 230 g/mol. The molecule has 0 radical (unpaired) electrons. The Bertz CT molecular complexity index is 403. The van der Waals surface area contributed by atoms with E-state index in [1.165, 1.54) is 38.2 Å². The SMILES string of the molecule is O=C(O)c1ccnc(NCCCN2CCCC2)c1. The Labute approximate surface area is 107 Å². The molecule has 1 aliphatic heterocycles. The smallest absolute Gasteiger partial charge is 0.335 e. The van der Waals surface area contributed by atoms with E-state index in [1.807, 2.05) is 0 Å². The molecule has 0 aromatic carbocycles. The van der Waals surface area contributed by atoms with Crippen LogP contribution in [0.25, 0.3) is 0 Å². The maximum Gasteiger partial charge on any atom is 0.335 e. The van der Waals surface area contributed by atoms with E-state index in [9.17, 15) is 4.79 Å². The van der Waals surface area contributed by atoms with Crippen LogP contribution in [0, 0.1) is 0 Å². The molecule has 0 spiro atoms. The number of carbonyl (C=O) groups is 1. The normalized spacial score (nSPS) is 15.8. The lowest BCUT2D eigenvalue weighted by Crippen LogP contribution is -2.22. The van der Waals surface area contributed by atoms with Crippen molar-refractivity contribution < 1.29 is 9.90 Å². The molecule has 18 heavy (non-hydrogen) atoms. The second-order valence-electron chi connectivity index (χ2n) is 4.56. The van der Waals surface area contributed by atoms with E-state index in [-0.39, 0.29) is 5.56 Å². The number of nitrogens with one attached hydrogen (secondary N) is 1. The van der Waals surface area contributed by atoms with Crippen molar-refractivity contribution in [3.8, 4) is 0 Å². The van der Waals surface area contributed by atoms with Crippen molar-refractivity contribution in [3.63, 3.8) is 0 Å². The monoisotopic (exact) mass is 249 g/mol. The molecule has 1 aromatic rings. The highest BCUT2D eigenvalue weighted by Crippen LogP contribution is 2.09. The average molecular weight is 249 g/mol. The van der Waals surface area contributed by atoms with Crippen molar-refractivity contribution in [1.82, 2.24) is 9.88 Å². The topological polar surface area (TPSA) is 65.5 Å². The van der Waals surface area contributed by atoms with Gasteiger partial charge in [0.1, 0.15) is 5.82 Å². The highest BCUT2D eigenvalue weighted by atomic mass is 16.4. The van der Waals surface area contributed by atoms with E-state index >= 15 is 0 Å². The lowest BCUT2D eigenvalue weighted by Gasteiger charge is -2.14. The van der Waals surface area contributed by atoms with E-state index in [4.69, 9.17) is 5.11 Å². The number of pyridine rings is 1. The van der Waals surface area contributed by atoms with Gasteiger partial charge in [-0.05, 0) is 51.0 Å². The van der Waals surface area contributed by atoms with Gasteiger partial charge in [-0.15, -0.1) is 0 Å². The first-order valence-electron chi connectivity index (χ1n) is 6.41. The van der Waals surface area contributed by atoms with Crippen molar-refractivity contribution in [2.45, 2.75) is 19.3 Å². The first-order valence-corrected chi connectivity index (χ1v) is 6.41. The van der Waals surface area contributed by atoms with Gasteiger partial charge in [0.15, 0.2) is 0 Å². The molecule has 2 rings (SSSR count). The van der Waals surface area contributed by atoms with Crippen LogP contribution in [0.3, 0.4) is 0 Å². The van der Waals surface area contributed by atoms with Crippen LogP contribution in [0.5, 0.6) is 0 Å². The molecule has 98 valence electrons. The lowest BCUT2D eigenvalue weighted by atomic mass is 10.2. The predicted molar refractivity (Wildman–Crippen MR) is 70.0 cm³/mol. The zero-order valence-electron chi connectivity index (χ0n) is 10.4. The van der Waals surface area contributed by atoms with E-state index in [2.05, 4.69) is 15.2 Å². The van der Waals surface area contributed by atoms with E-state index in [0.29, 0.717) is 5.82 Å². The first-order chi connectivity index (χ1) is 8.75. The van der Waals surface area contributed by atoms with E-state index in [1.54, 1.807) is 6.07 Å². The van der Waals surface area contributed by atoms with Crippen LogP contribution >= 0.6 is 0 Å². The molecule has 0 atom stereocenters. The van der Waals surface area contributed by atoms with Crippen molar-refractivity contribution in [3.05, 3.63) is 23.9 Å². The summed E-state index contributed by atoms with van der Waals surface area (Å²) in [6.07, 6.45) is 5.20. The van der Waals surface area contributed by atoms with Crippen molar-refractivity contribution in [1.29, 1.82) is 0 Å². The van der Waals surface area contributed by atoms with Gasteiger partial charge in [-0.2, -0.15) is 0 Å². The van der Waals surface area contributed by atoms with Gasteiger partial charge in [-0.25, -0.2) is 9.78 Å². The summed E-state index contributed by atoms with van der Waals surface area (Å²) in [6, 6.07) is 3.07. The number of nitrogens with zero attached hydrogens (tertiary/aromatic N) is 2. The molecule has 0 saturated carbocycles. The van der Waals surface area contributed by atoms with Crippen LogP contribution in [0.1, 0.15) is 29.6 Å². The molecule has 5 heteroatoms. The molecular formula is C13H19N3O2. The zero-order chi connectivity index (χ0) is 12.8. The summed E-state index contributed by atoms with van der Waals surface area (Å²) in [6.45, 7) is 4.36. The summed E-state index contributed by atoms with van der Waals surface area (Å²) in [4.78, 5) is 17.4. The Morgan fingerprint density at radius 2 is 2.22 bits per heavy atom. The fourth-order valence-corrected chi connectivity index (χ4v) is 2.19. The molecule has 1 aliphatic rings. The quantitative estimate of drug-likeness (QED) is 0.751. The van der Waals surface area contributed by atoms with Gasteiger partial charge < -0.3 is 15.3 Å². The minimum absolute atomic E-state index is 0.270. The third kappa shape index (κ3) is 3.70. The maximum atomic E-state index is 10.8. The molecule has 1 fully saturated rings. The first kappa shape index (κ1) is 12.8. The van der Waals surface area contributed by atoms with Crippen LogP contribution in [0.15, 0.2) is 18.3 Å². The number of hydrogen-bond donors (Lipinski definition) is 2. The van der Waals surface area contributed by atoms with Gasteiger partial charge in [-0.3, -0.25) is 0 Å². The molecule has 1 aromatic heterocycles. The number of anilines is 1. The third-order valence-corrected chi connectivity index (χ3v) is 3.16. The molecule has 1 saturated heterocycles. The van der Waals surface area contributed by atoms with Gasteiger partial charge >= 0.3 is 5.97 Å². The molecule has 0 aliphatic carbocycles. The number of aromatic carboxylic acids is 1. The number of rotatable bonds is 6. The van der Waals surface area contributed by atoms with E-state index < -0.39 is 5.97 Å². The Balaban J connectivity index is 1.72. The summed E-state index contributed by atoms with van der Waals surface area (Å²) in [5, 5.41) is 12.0. The van der Waals surface area contributed by atoms with Crippen molar-refractivity contribution in [2.75, 3.05) is 31.5 Å². The number of likely N-dealkylation sites (tertiary alicyclic amines) is 1. The molecule has 0 amide bonds. The summed E-state index contributed by atoms with van der Waals surface area (Å²) in [7, 11) is 0. The number of carboxylic acids is 1. The fourth-order valence-electron chi connectivity index (χ4n) is 2.19. The largest absolute Gasteiger partial charge is 0.478 e. The molecule has 0 bridgehead atoms. The summed E-state index contributed by atoms with van der Waals surface area (Å²) < 4.78 is 0. The molecule has 2 N–H and O–H groups in total. The molecule has 2 heterocycles. The van der Waals surface area contributed by atoms with Gasteiger partial charge in [0.05, 0.1) is 5.56 Å². The van der Waals surface area contributed by atoms with Gasteiger partial charge in [0, 0.05) is 12.7 Å². The standard InChI is InChI=1S/C13H19N3O2/c17-13(18)11-4-6-15-12(10-11)14-5-3-9-16-7-1-2-8-16/h4,6,10H,1-3,5,7-9H2,(H,14,15)(H,17,18). The highest BCUT2D eigenvalue weighted by Gasteiger charge is 2.10. The number of aromatic nitrogens is 1. The Morgan fingerprint density at radius 1 is 1.44 bits per heavy atom. The van der Waals surface area contributed by atoms with Crippen LogP contribution < -0.4 is 5.32 Å². The van der Waals surface area contributed by atoms with Crippen LogP contribution in [0.4, 0.5) is 5.82 Å². The van der Waals surface area contributed by atoms with Crippen LogP contribution in [-0.2, 0) is 0 Å². The second-order valence-corrected chi connectivity index (χ2v) is 4.56. The number of carboxylic acid groups (broad SMARTS) is 1. The summed E-state index contributed by atoms with van der Waals surface area (Å²) in [5.74, 6) is -0.283. The third-order valence-electron chi connectivity index (χ3n) is 3.16. The van der Waals surface area contributed by atoms with Gasteiger partial charge in [0.25, 0.3) is 0 Å². The molecule has 5 nitrogen and oxygen atoms in total. The predicted octanol–water partition coefficient (Wildman–Crippen LogP) is 1.68. The second kappa shape index (κ2) is 6.35. The highest BCUT2D eigenvalue weighted by molar-refractivity contribution is 5.88. The average Bonchev–Trinajstić information content (AvgIpc) is 2.88. The Kier molecular flexibility index (Phi) is 4.52. The van der Waals surface area contributed by atoms with Crippen LogP contribution in [-0.4, -0.2) is 47.1 Å². The summed E-state index contributed by atoms with van der Waals surface area (Å²) in [5.41, 5.74) is 0.270. The molecule has 0 unspecified atom stereocenters. The van der Waals surface area contributed by atoms with Gasteiger partial charge in [-0.1, -0.05) is 0 Å². The van der Waals surface area contributed by atoms with Crippen molar-refractivity contribution in [2.24, 2.45) is 0 Å². The minimum Gasteiger partial charge on any atom is -0.478 e. The Morgan fingerprint density at radius 3 is 2.94 bits per heavy atom. The van der Waals surface area contributed by atoms with E-state index in [0.717, 1.165) is 19.5 Å². The maximum absolute atomic E-state index is 10.8. The minimum atomic E-state index is -0.919. The zero-order valence-corrected chi connectivity index (χ0v) is 10.4. The Hall–Kier alpha value is -1.62.